The number of nitrogens with one attached hydrogen (secondary N) is 1. The first-order valence-corrected chi connectivity index (χ1v) is 5.86. The van der Waals surface area contributed by atoms with Gasteiger partial charge in [-0.25, -0.2) is 0 Å². The Bertz CT molecular complexity index is 716. The van der Waals surface area contributed by atoms with Gasteiger partial charge in [-0.05, 0) is 47.1 Å². The lowest BCUT2D eigenvalue weighted by Crippen LogP contribution is -1.75. The lowest BCUT2D eigenvalue weighted by Gasteiger charge is -1.96. The molecular formula is C14H9ClN2O. The fraction of sp³-hybridized carbons (Fsp3) is 0. The van der Waals surface area contributed by atoms with Crippen LogP contribution in [0.15, 0.2) is 53.7 Å². The Morgan fingerprint density at radius 1 is 1.00 bits per heavy atom. The van der Waals surface area contributed by atoms with Crippen molar-refractivity contribution in [1.29, 1.82) is 0 Å². The van der Waals surface area contributed by atoms with Crippen LogP contribution in [0.3, 0.4) is 0 Å². The van der Waals surface area contributed by atoms with Crippen molar-refractivity contribution in [3.8, 4) is 11.3 Å². The molecule has 0 spiro atoms. The second-order valence-corrected chi connectivity index (χ2v) is 4.49. The predicted octanol–water partition coefficient (Wildman–Crippen LogP) is 4.89. The lowest BCUT2D eigenvalue weighted by atomic mass is 10.1. The van der Waals surface area contributed by atoms with Crippen LogP contribution in [-0.4, -0.2) is 4.98 Å². The number of rotatable bonds is 2. The maximum absolute atomic E-state index is 10.5. The minimum atomic E-state index is 0.434. The van der Waals surface area contributed by atoms with E-state index in [1.807, 2.05) is 36.4 Å². The molecule has 0 radical (unpaired) electrons. The van der Waals surface area contributed by atoms with Crippen molar-refractivity contribution in [2.75, 3.05) is 0 Å². The number of nitrogens with zero attached hydrogens (tertiary/aromatic N) is 1. The van der Waals surface area contributed by atoms with Crippen LogP contribution in [0.4, 0.5) is 5.69 Å². The summed E-state index contributed by atoms with van der Waals surface area (Å²) in [4.78, 5) is 13.8. The van der Waals surface area contributed by atoms with E-state index in [-0.39, 0.29) is 0 Å². The van der Waals surface area contributed by atoms with Crippen LogP contribution in [-0.2, 0) is 0 Å². The molecular weight excluding hydrogens is 248 g/mol. The van der Waals surface area contributed by atoms with Gasteiger partial charge in [-0.2, -0.15) is 0 Å². The first-order valence-electron chi connectivity index (χ1n) is 5.48. The molecule has 0 atom stereocenters. The van der Waals surface area contributed by atoms with Gasteiger partial charge in [0.15, 0.2) is 0 Å². The van der Waals surface area contributed by atoms with Gasteiger partial charge in [-0.1, -0.05) is 23.7 Å². The molecule has 0 aliphatic carbocycles. The van der Waals surface area contributed by atoms with Crippen molar-refractivity contribution in [3.63, 3.8) is 0 Å². The average molecular weight is 257 g/mol. The fourth-order valence-corrected chi connectivity index (χ4v) is 2.09. The number of hydrogen-bond acceptors (Lipinski definition) is 2. The van der Waals surface area contributed by atoms with Crippen LogP contribution in [0.2, 0.25) is 5.02 Å². The highest BCUT2D eigenvalue weighted by Gasteiger charge is 2.04. The van der Waals surface area contributed by atoms with Gasteiger partial charge in [-0.15, -0.1) is 4.91 Å². The van der Waals surface area contributed by atoms with Gasteiger partial charge in [0.25, 0.3) is 0 Å². The van der Waals surface area contributed by atoms with E-state index in [0.29, 0.717) is 10.7 Å². The monoisotopic (exact) mass is 256 g/mol. The van der Waals surface area contributed by atoms with Crippen LogP contribution in [0.5, 0.6) is 0 Å². The highest BCUT2D eigenvalue weighted by Crippen LogP contribution is 2.27. The van der Waals surface area contributed by atoms with Gasteiger partial charge in [0, 0.05) is 21.6 Å². The van der Waals surface area contributed by atoms with Crippen LogP contribution in [0.25, 0.3) is 22.2 Å². The third-order valence-corrected chi connectivity index (χ3v) is 3.12. The molecule has 0 saturated heterocycles. The fourth-order valence-electron chi connectivity index (χ4n) is 1.96. The summed E-state index contributed by atoms with van der Waals surface area (Å²) < 4.78 is 0. The SMILES string of the molecule is O=Nc1ccc2[nH]c(-c3ccc(Cl)cc3)cc2c1. The molecule has 0 aliphatic rings. The molecule has 3 nitrogen and oxygen atoms in total. The Kier molecular flexibility index (Phi) is 2.61. The van der Waals surface area contributed by atoms with E-state index in [0.717, 1.165) is 22.2 Å². The maximum Gasteiger partial charge on any atom is 0.108 e. The highest BCUT2D eigenvalue weighted by atomic mass is 35.5. The van der Waals surface area contributed by atoms with E-state index in [1.54, 1.807) is 12.1 Å². The zero-order valence-corrected chi connectivity index (χ0v) is 10.1. The van der Waals surface area contributed by atoms with Gasteiger partial charge in [0.1, 0.15) is 5.69 Å². The van der Waals surface area contributed by atoms with Gasteiger partial charge < -0.3 is 4.98 Å². The Labute approximate surface area is 108 Å². The Balaban J connectivity index is 2.12. The number of benzene rings is 2. The summed E-state index contributed by atoms with van der Waals surface area (Å²) in [6, 6.07) is 14.9. The quantitative estimate of drug-likeness (QED) is 0.652. The molecule has 0 aliphatic heterocycles. The first kappa shape index (κ1) is 11.0. The second-order valence-electron chi connectivity index (χ2n) is 4.05. The highest BCUT2D eigenvalue weighted by molar-refractivity contribution is 6.30. The summed E-state index contributed by atoms with van der Waals surface area (Å²) in [5.74, 6) is 0. The molecule has 0 saturated carbocycles. The molecule has 3 aromatic rings. The Hall–Kier alpha value is -2.13. The van der Waals surface area contributed by atoms with Gasteiger partial charge in [0.2, 0.25) is 0 Å². The summed E-state index contributed by atoms with van der Waals surface area (Å²) in [7, 11) is 0. The van der Waals surface area contributed by atoms with Crippen molar-refractivity contribution < 1.29 is 0 Å². The largest absolute Gasteiger partial charge is 0.355 e. The molecule has 0 fully saturated rings. The van der Waals surface area contributed by atoms with Crippen LogP contribution < -0.4 is 0 Å². The molecule has 3 rings (SSSR count). The third-order valence-electron chi connectivity index (χ3n) is 2.86. The number of aromatic amines is 1. The van der Waals surface area contributed by atoms with E-state index >= 15 is 0 Å². The van der Waals surface area contributed by atoms with Crippen LogP contribution in [0, 0.1) is 4.91 Å². The van der Waals surface area contributed by atoms with Crippen molar-refractivity contribution in [2.45, 2.75) is 0 Å². The van der Waals surface area contributed by atoms with Gasteiger partial charge in [0.05, 0.1) is 0 Å². The minimum absolute atomic E-state index is 0.434. The summed E-state index contributed by atoms with van der Waals surface area (Å²) in [6.45, 7) is 0. The standard InChI is InChI=1S/C14H9ClN2O/c15-11-3-1-9(2-4-11)14-8-10-7-12(17-18)5-6-13(10)16-14/h1-8,16H. The van der Waals surface area contributed by atoms with Crippen LogP contribution in [0.1, 0.15) is 0 Å². The van der Waals surface area contributed by atoms with Crippen molar-refractivity contribution >= 4 is 28.2 Å². The summed E-state index contributed by atoms with van der Waals surface area (Å²) in [5.41, 5.74) is 3.46. The normalized spacial score (nSPS) is 10.7. The molecule has 0 unspecified atom stereocenters. The van der Waals surface area contributed by atoms with Crippen LogP contribution >= 0.6 is 11.6 Å². The summed E-state index contributed by atoms with van der Waals surface area (Å²) >= 11 is 5.86. The first-order chi connectivity index (χ1) is 8.76. The number of H-pyrrole nitrogens is 1. The Morgan fingerprint density at radius 2 is 1.78 bits per heavy atom. The smallest absolute Gasteiger partial charge is 0.108 e. The van der Waals surface area contributed by atoms with E-state index in [9.17, 15) is 4.91 Å². The molecule has 88 valence electrons. The molecule has 18 heavy (non-hydrogen) atoms. The zero-order valence-electron chi connectivity index (χ0n) is 9.35. The average Bonchev–Trinajstić information content (AvgIpc) is 2.82. The van der Waals surface area contributed by atoms with E-state index in [1.165, 1.54) is 0 Å². The summed E-state index contributed by atoms with van der Waals surface area (Å²) in [6.07, 6.45) is 0. The van der Waals surface area contributed by atoms with Gasteiger partial charge in [-0.3, -0.25) is 0 Å². The molecule has 1 aromatic heterocycles. The summed E-state index contributed by atoms with van der Waals surface area (Å²) in [5, 5.41) is 4.61. The van der Waals surface area contributed by atoms with Crippen molar-refractivity contribution in [3.05, 3.63) is 58.5 Å². The number of nitroso groups, excluding NO2 is 1. The minimum Gasteiger partial charge on any atom is -0.355 e. The van der Waals surface area contributed by atoms with Crippen molar-refractivity contribution in [2.24, 2.45) is 5.18 Å². The Morgan fingerprint density at radius 3 is 2.50 bits per heavy atom. The molecule has 0 bridgehead atoms. The van der Waals surface area contributed by atoms with E-state index < -0.39 is 0 Å². The third kappa shape index (κ3) is 1.89. The molecule has 0 amide bonds. The number of halogens is 1. The second kappa shape index (κ2) is 4.27. The number of hydrogen-bond donors (Lipinski definition) is 1. The van der Waals surface area contributed by atoms with Gasteiger partial charge >= 0.3 is 0 Å². The number of aromatic nitrogens is 1. The number of fused-ring (bicyclic) bond motifs is 1. The van der Waals surface area contributed by atoms with Crippen molar-refractivity contribution in [1.82, 2.24) is 4.98 Å². The topological polar surface area (TPSA) is 45.2 Å². The zero-order chi connectivity index (χ0) is 12.5. The lowest BCUT2D eigenvalue weighted by molar-refractivity contribution is 1.45. The molecule has 1 N–H and O–H groups in total. The molecule has 1 heterocycles. The van der Waals surface area contributed by atoms with E-state index in [2.05, 4.69) is 10.2 Å². The molecule has 2 aromatic carbocycles. The predicted molar refractivity (Wildman–Crippen MR) is 74.2 cm³/mol. The van der Waals surface area contributed by atoms with E-state index in [4.69, 9.17) is 11.6 Å². The molecule has 4 heteroatoms. The maximum atomic E-state index is 10.5.